The van der Waals surface area contributed by atoms with E-state index in [2.05, 4.69) is 32.0 Å². The van der Waals surface area contributed by atoms with Crippen LogP contribution in [0.2, 0.25) is 0 Å². The molecule has 0 unspecified atom stereocenters. The number of likely N-dealkylation sites (N-methyl/N-ethyl adjacent to an activating group) is 1. The molecule has 1 saturated carbocycles. The molecule has 1 aromatic carbocycles. The third kappa shape index (κ3) is 3.08. The molecule has 5 heteroatoms. The Balaban J connectivity index is 1.83. The van der Waals surface area contributed by atoms with E-state index in [-0.39, 0.29) is 5.78 Å². The van der Waals surface area contributed by atoms with Crippen molar-refractivity contribution >= 4 is 11.8 Å². The highest BCUT2D eigenvalue weighted by atomic mass is 16.6. The lowest BCUT2D eigenvalue weighted by molar-refractivity contribution is -0.148. The van der Waals surface area contributed by atoms with Gasteiger partial charge in [-0.25, -0.2) is 4.79 Å². The summed E-state index contributed by atoms with van der Waals surface area (Å²) in [7, 11) is 4.25. The highest BCUT2D eigenvalue weighted by Crippen LogP contribution is 2.65. The summed E-state index contributed by atoms with van der Waals surface area (Å²) in [6, 6.07) is 4.22. The molecule has 0 N–H and O–H groups in total. The molecule has 1 aromatic rings. The Morgan fingerprint density at radius 3 is 2.71 bits per heavy atom. The average molecular weight is 424 g/mol. The minimum absolute atomic E-state index is 0.146. The maximum absolute atomic E-state index is 13.3. The summed E-state index contributed by atoms with van der Waals surface area (Å²) in [5.74, 6) is 1.00. The molecule has 166 valence electrons. The molecule has 5 nitrogen and oxygen atoms in total. The number of nitrogens with zero attached hydrogens (tertiary/aromatic N) is 1. The molecule has 0 radical (unpaired) electrons. The Morgan fingerprint density at radius 2 is 2.06 bits per heavy atom. The van der Waals surface area contributed by atoms with Gasteiger partial charge >= 0.3 is 5.97 Å². The SMILES string of the molecule is CC[C@]12c3c4ccc(OC(=O)/C=C/C=C(C)C)c3O[C@@]1(C)C(=O)CC[C@H]2[C@H](N(C)C)C4. The van der Waals surface area contributed by atoms with E-state index in [9.17, 15) is 9.59 Å². The molecule has 2 aliphatic carbocycles. The Bertz CT molecular complexity index is 987. The number of hydrogen-bond donors (Lipinski definition) is 0. The van der Waals surface area contributed by atoms with Crippen LogP contribution in [0, 0.1) is 5.92 Å². The quantitative estimate of drug-likeness (QED) is 0.304. The van der Waals surface area contributed by atoms with E-state index in [1.807, 2.05) is 32.9 Å². The van der Waals surface area contributed by atoms with Gasteiger partial charge in [-0.05, 0) is 71.7 Å². The first-order valence-corrected chi connectivity index (χ1v) is 11.2. The van der Waals surface area contributed by atoms with E-state index in [4.69, 9.17) is 9.47 Å². The van der Waals surface area contributed by atoms with E-state index in [0.717, 1.165) is 30.4 Å². The second kappa shape index (κ2) is 7.63. The molecule has 4 atom stereocenters. The lowest BCUT2D eigenvalue weighted by Crippen LogP contribution is -2.66. The Kier molecular flexibility index (Phi) is 5.37. The van der Waals surface area contributed by atoms with Gasteiger partial charge in [0.05, 0.1) is 5.41 Å². The monoisotopic (exact) mass is 423 g/mol. The van der Waals surface area contributed by atoms with Crippen molar-refractivity contribution in [2.75, 3.05) is 14.1 Å². The fourth-order valence-electron chi connectivity index (χ4n) is 6.26. The standard InChI is InChI=1S/C26H33NO4/c1-7-26-18-12-14-21(28)25(26,4)31-24-20(30-22(29)10-8-9-16(2)3)13-11-17(23(24)26)15-19(18)27(5)6/h8-11,13,18-19H,7,12,14-15H2,1-6H3/b10-8+/t18-,19+,25-,26-/m0/s1. The van der Waals surface area contributed by atoms with Crippen molar-refractivity contribution in [3.05, 3.63) is 47.1 Å². The van der Waals surface area contributed by atoms with Gasteiger partial charge in [0.1, 0.15) is 0 Å². The molecular formula is C26H33NO4. The van der Waals surface area contributed by atoms with Gasteiger partial charge in [-0.1, -0.05) is 30.7 Å². The Labute approximate surface area is 185 Å². The van der Waals surface area contributed by atoms with Gasteiger partial charge in [0, 0.05) is 24.1 Å². The van der Waals surface area contributed by atoms with Crippen molar-refractivity contribution < 1.29 is 19.1 Å². The van der Waals surface area contributed by atoms with Gasteiger partial charge in [0.25, 0.3) is 0 Å². The zero-order valence-corrected chi connectivity index (χ0v) is 19.5. The number of hydrogen-bond acceptors (Lipinski definition) is 5. The summed E-state index contributed by atoms with van der Waals surface area (Å²) in [6.45, 7) is 8.04. The summed E-state index contributed by atoms with van der Waals surface area (Å²) in [5, 5.41) is 0. The number of esters is 1. The third-order valence-electron chi connectivity index (χ3n) is 7.65. The van der Waals surface area contributed by atoms with Crippen molar-refractivity contribution in [1.29, 1.82) is 0 Å². The Hall–Kier alpha value is -2.40. The smallest absolute Gasteiger partial charge is 0.336 e. The van der Waals surface area contributed by atoms with Crippen molar-refractivity contribution in [2.24, 2.45) is 5.92 Å². The topological polar surface area (TPSA) is 55.8 Å². The Morgan fingerprint density at radius 1 is 1.32 bits per heavy atom. The summed E-state index contributed by atoms with van der Waals surface area (Å²) in [6.07, 6.45) is 8.06. The molecule has 0 spiro atoms. The fourth-order valence-corrected chi connectivity index (χ4v) is 6.26. The number of Topliss-reactive ketones (excluding diaryl/α,β-unsaturated/α-hetero) is 1. The minimum atomic E-state index is -0.934. The maximum Gasteiger partial charge on any atom is 0.336 e. The van der Waals surface area contributed by atoms with Crippen LogP contribution in [0.3, 0.4) is 0 Å². The molecule has 3 aliphatic rings. The molecule has 0 saturated heterocycles. The molecular weight excluding hydrogens is 390 g/mol. The molecule has 1 aliphatic heterocycles. The van der Waals surface area contributed by atoms with E-state index in [0.29, 0.717) is 29.9 Å². The fraction of sp³-hybridized carbons (Fsp3) is 0.538. The van der Waals surface area contributed by atoms with E-state index < -0.39 is 17.0 Å². The summed E-state index contributed by atoms with van der Waals surface area (Å²) in [5.41, 5.74) is 2.05. The molecule has 31 heavy (non-hydrogen) atoms. The number of ketones is 1. The van der Waals surface area contributed by atoms with Gasteiger partial charge in [-0.3, -0.25) is 4.79 Å². The summed E-state index contributed by atoms with van der Waals surface area (Å²) >= 11 is 0. The molecule has 1 heterocycles. The minimum Gasteiger partial charge on any atom is -0.475 e. The molecule has 0 amide bonds. The number of carbonyl (C=O) groups is 2. The van der Waals surface area contributed by atoms with Crippen LogP contribution in [0.15, 0.2) is 35.9 Å². The van der Waals surface area contributed by atoms with Crippen LogP contribution < -0.4 is 9.47 Å². The molecule has 0 bridgehead atoms. The van der Waals surface area contributed by atoms with E-state index in [1.54, 1.807) is 6.08 Å². The maximum atomic E-state index is 13.3. The third-order valence-corrected chi connectivity index (χ3v) is 7.65. The number of ether oxygens (including phenoxy) is 2. The molecule has 0 aromatic heterocycles. The van der Waals surface area contributed by atoms with Gasteiger partial charge in [-0.15, -0.1) is 0 Å². The largest absolute Gasteiger partial charge is 0.475 e. The zero-order valence-electron chi connectivity index (χ0n) is 19.5. The van der Waals surface area contributed by atoms with Crippen LogP contribution in [0.5, 0.6) is 11.5 Å². The van der Waals surface area contributed by atoms with E-state index in [1.165, 1.54) is 11.6 Å². The van der Waals surface area contributed by atoms with Crippen LogP contribution >= 0.6 is 0 Å². The number of rotatable bonds is 5. The van der Waals surface area contributed by atoms with Crippen molar-refractivity contribution in [3.8, 4) is 11.5 Å². The summed E-state index contributed by atoms with van der Waals surface area (Å²) < 4.78 is 12.2. The van der Waals surface area contributed by atoms with Crippen LogP contribution in [-0.2, 0) is 21.4 Å². The zero-order chi connectivity index (χ0) is 22.6. The second-order valence-corrected chi connectivity index (χ2v) is 9.71. The predicted molar refractivity (Wildman–Crippen MR) is 121 cm³/mol. The normalized spacial score (nSPS) is 30.9. The van der Waals surface area contributed by atoms with Gasteiger partial charge < -0.3 is 14.4 Å². The van der Waals surface area contributed by atoms with Gasteiger partial charge in [0.2, 0.25) is 0 Å². The first-order chi connectivity index (χ1) is 14.7. The van der Waals surface area contributed by atoms with Crippen molar-refractivity contribution in [3.63, 3.8) is 0 Å². The first-order valence-electron chi connectivity index (χ1n) is 11.2. The molecule has 1 fully saturated rings. The molecule has 4 rings (SSSR count). The van der Waals surface area contributed by atoms with Crippen LogP contribution in [0.25, 0.3) is 0 Å². The van der Waals surface area contributed by atoms with Crippen LogP contribution in [-0.4, -0.2) is 42.4 Å². The van der Waals surface area contributed by atoms with Crippen LogP contribution in [0.4, 0.5) is 0 Å². The second-order valence-electron chi connectivity index (χ2n) is 9.71. The predicted octanol–water partition coefficient (Wildman–Crippen LogP) is 4.38. The van der Waals surface area contributed by atoms with Crippen molar-refractivity contribution in [1.82, 2.24) is 4.90 Å². The highest BCUT2D eigenvalue weighted by Gasteiger charge is 2.69. The lowest BCUT2D eigenvalue weighted by atomic mass is 9.49. The van der Waals surface area contributed by atoms with E-state index >= 15 is 0 Å². The lowest BCUT2D eigenvalue weighted by Gasteiger charge is -2.55. The van der Waals surface area contributed by atoms with Crippen LogP contribution in [0.1, 0.15) is 58.1 Å². The van der Waals surface area contributed by atoms with Gasteiger partial charge in [0.15, 0.2) is 22.9 Å². The average Bonchev–Trinajstić information content (AvgIpc) is 3.00. The van der Waals surface area contributed by atoms with Crippen molar-refractivity contribution in [2.45, 2.75) is 70.4 Å². The van der Waals surface area contributed by atoms with Gasteiger partial charge in [-0.2, -0.15) is 0 Å². The number of carbonyl (C=O) groups excluding carboxylic acids is 2. The number of benzene rings is 1. The number of allylic oxidation sites excluding steroid dienone is 3. The highest BCUT2D eigenvalue weighted by molar-refractivity contribution is 5.93. The summed E-state index contributed by atoms with van der Waals surface area (Å²) in [4.78, 5) is 28.0. The first kappa shape index (κ1) is 21.8.